The van der Waals surface area contributed by atoms with Gasteiger partial charge in [-0.3, -0.25) is 9.59 Å². The van der Waals surface area contributed by atoms with Crippen LogP contribution in [0, 0.1) is 18.7 Å². The maximum atomic E-state index is 15.4. The van der Waals surface area contributed by atoms with Gasteiger partial charge in [0.05, 0.1) is 23.8 Å². The fraction of sp³-hybridized carbons (Fsp3) is 0.553. The SMILES string of the molecule is C=C(NC1CCc2c(C)c(F)cc3nc(/C(C)=C/C(=C(/CC)C(C)=O)C(C)CC)c(CCC)c1c23)C1(OCNC(=O)CNC)CC1. The molecule has 2 aliphatic rings. The number of halogens is 1. The molecule has 0 spiro atoms. The summed E-state index contributed by atoms with van der Waals surface area (Å²) in [7, 11) is 1.73. The van der Waals surface area contributed by atoms with Crippen molar-refractivity contribution >= 4 is 28.2 Å². The van der Waals surface area contributed by atoms with Gasteiger partial charge in [-0.15, -0.1) is 0 Å². The summed E-state index contributed by atoms with van der Waals surface area (Å²) in [6.07, 6.45) is 8.64. The van der Waals surface area contributed by atoms with E-state index in [9.17, 15) is 9.59 Å². The molecule has 1 heterocycles. The summed E-state index contributed by atoms with van der Waals surface area (Å²) in [6, 6.07) is 1.52. The number of allylic oxidation sites excluding steroid dienone is 4. The van der Waals surface area contributed by atoms with Crippen LogP contribution in [-0.4, -0.2) is 42.6 Å². The predicted octanol–water partition coefficient (Wildman–Crippen LogP) is 7.31. The number of hydrogen-bond acceptors (Lipinski definition) is 6. The monoisotopic (exact) mass is 632 g/mol. The van der Waals surface area contributed by atoms with Crippen LogP contribution in [-0.2, 0) is 27.2 Å². The molecular weight excluding hydrogens is 579 g/mol. The van der Waals surface area contributed by atoms with Crippen LogP contribution in [0.2, 0.25) is 0 Å². The van der Waals surface area contributed by atoms with Gasteiger partial charge in [0, 0.05) is 17.1 Å². The van der Waals surface area contributed by atoms with Gasteiger partial charge in [-0.1, -0.05) is 46.8 Å². The number of nitrogens with one attached hydrogen (secondary N) is 3. The number of likely N-dealkylation sites (N-methyl/N-ethyl adjacent to an activating group) is 1. The van der Waals surface area contributed by atoms with Crippen LogP contribution in [0.25, 0.3) is 16.5 Å². The standard InChI is InChI=1S/C38H53FN4O3/c1-10-13-29-36-32(42-26(8)38(16-17-38)46-21-41-34(45)20-40-9)15-14-28-24(6)31(39)19-33(35(28)36)43-37(29)23(5)18-30(22(4)11-2)27(12-3)25(7)44/h18-19,22,32,40,42H,8,10-17,20-21H2,1-7,9H3,(H,41,45)/b23-18+,30-27+. The number of amides is 1. The number of rotatable bonds is 16. The third kappa shape index (κ3) is 7.28. The van der Waals surface area contributed by atoms with Crippen molar-refractivity contribution in [2.24, 2.45) is 5.92 Å². The van der Waals surface area contributed by atoms with Crippen LogP contribution in [0.3, 0.4) is 0 Å². The van der Waals surface area contributed by atoms with Gasteiger partial charge in [-0.05, 0) is 118 Å². The quantitative estimate of drug-likeness (QED) is 0.102. The van der Waals surface area contributed by atoms with E-state index in [1.807, 2.05) is 13.8 Å². The molecule has 0 radical (unpaired) electrons. The van der Waals surface area contributed by atoms with Crippen LogP contribution in [0.5, 0.6) is 0 Å². The summed E-state index contributed by atoms with van der Waals surface area (Å²) in [5.41, 5.74) is 8.73. The summed E-state index contributed by atoms with van der Waals surface area (Å²) in [4.78, 5) is 29.8. The molecule has 46 heavy (non-hydrogen) atoms. The highest BCUT2D eigenvalue weighted by molar-refractivity contribution is 5.95. The zero-order valence-electron chi connectivity index (χ0n) is 29.1. The maximum Gasteiger partial charge on any atom is 0.235 e. The Hall–Kier alpha value is -3.36. The predicted molar refractivity (Wildman–Crippen MR) is 185 cm³/mol. The number of nitrogens with zero attached hydrogens (tertiary/aromatic N) is 1. The highest BCUT2D eigenvalue weighted by Gasteiger charge is 2.48. The second-order valence-electron chi connectivity index (χ2n) is 13.1. The number of ketones is 1. The fourth-order valence-corrected chi connectivity index (χ4v) is 6.92. The van der Waals surface area contributed by atoms with Crippen molar-refractivity contribution < 1.29 is 18.7 Å². The Bertz CT molecular complexity index is 1570. The molecule has 1 amide bonds. The number of hydrogen-bond donors (Lipinski definition) is 3. The van der Waals surface area contributed by atoms with Gasteiger partial charge >= 0.3 is 0 Å². The summed E-state index contributed by atoms with van der Waals surface area (Å²) in [6.45, 7) is 18.9. The molecule has 0 bridgehead atoms. The number of carbonyl (C=O) groups is 2. The first-order chi connectivity index (χ1) is 21.9. The third-order valence-corrected chi connectivity index (χ3v) is 9.85. The Morgan fingerprint density at radius 3 is 2.54 bits per heavy atom. The van der Waals surface area contributed by atoms with Crippen molar-refractivity contribution in [1.29, 1.82) is 0 Å². The van der Waals surface area contributed by atoms with Crippen LogP contribution < -0.4 is 16.0 Å². The summed E-state index contributed by atoms with van der Waals surface area (Å²) >= 11 is 0. The van der Waals surface area contributed by atoms with Crippen molar-refractivity contribution in [1.82, 2.24) is 20.9 Å². The molecule has 1 saturated carbocycles. The largest absolute Gasteiger partial charge is 0.380 e. The smallest absolute Gasteiger partial charge is 0.235 e. The minimum Gasteiger partial charge on any atom is -0.380 e. The molecule has 1 aromatic carbocycles. The number of pyridine rings is 1. The lowest BCUT2D eigenvalue weighted by atomic mass is 9.79. The molecule has 1 aromatic heterocycles. The third-order valence-electron chi connectivity index (χ3n) is 9.85. The van der Waals surface area contributed by atoms with E-state index in [0.29, 0.717) is 17.5 Å². The topological polar surface area (TPSA) is 92.3 Å². The van der Waals surface area contributed by atoms with Crippen molar-refractivity contribution in [3.8, 4) is 0 Å². The Balaban J connectivity index is 1.84. The van der Waals surface area contributed by atoms with E-state index in [-0.39, 0.29) is 42.7 Å². The lowest BCUT2D eigenvalue weighted by molar-refractivity contribution is -0.122. The normalized spacial score (nSPS) is 18.2. The number of Topliss-reactive ketones (excluding diaryl/α,β-unsaturated/α-hetero) is 1. The molecule has 2 unspecified atom stereocenters. The Labute approximate surface area is 274 Å². The van der Waals surface area contributed by atoms with Crippen LogP contribution in [0.15, 0.2) is 35.6 Å². The number of ether oxygens (including phenoxy) is 1. The summed E-state index contributed by atoms with van der Waals surface area (Å²) in [5, 5.41) is 10.4. The van der Waals surface area contributed by atoms with E-state index < -0.39 is 5.60 Å². The second-order valence-corrected chi connectivity index (χ2v) is 13.1. The van der Waals surface area contributed by atoms with Gasteiger partial charge in [-0.25, -0.2) is 9.37 Å². The molecule has 4 rings (SSSR count). The van der Waals surface area contributed by atoms with Crippen molar-refractivity contribution in [3.63, 3.8) is 0 Å². The Morgan fingerprint density at radius 2 is 1.96 bits per heavy atom. The first-order valence-corrected chi connectivity index (χ1v) is 17.0. The van der Waals surface area contributed by atoms with Gasteiger partial charge in [0.15, 0.2) is 5.78 Å². The number of aromatic nitrogens is 1. The van der Waals surface area contributed by atoms with Crippen molar-refractivity contribution in [2.45, 2.75) is 111 Å². The Kier molecular flexibility index (Phi) is 11.6. The van der Waals surface area contributed by atoms with E-state index in [4.69, 9.17) is 9.72 Å². The highest BCUT2D eigenvalue weighted by Crippen LogP contribution is 2.47. The number of carbonyl (C=O) groups excluding carboxylic acids is 2. The zero-order valence-corrected chi connectivity index (χ0v) is 29.1. The lowest BCUT2D eigenvalue weighted by Gasteiger charge is -2.34. The zero-order chi connectivity index (χ0) is 33.8. The minimum absolute atomic E-state index is 0.0589. The van der Waals surface area contributed by atoms with Crippen molar-refractivity contribution in [2.75, 3.05) is 20.3 Å². The van der Waals surface area contributed by atoms with E-state index in [0.717, 1.165) is 95.1 Å². The van der Waals surface area contributed by atoms with Gasteiger partial charge in [0.25, 0.3) is 0 Å². The second kappa shape index (κ2) is 15.0. The van der Waals surface area contributed by atoms with Crippen LogP contribution >= 0.6 is 0 Å². The van der Waals surface area contributed by atoms with Gasteiger partial charge in [0.1, 0.15) is 18.1 Å². The summed E-state index contributed by atoms with van der Waals surface area (Å²) in [5.74, 6) is -0.0453. The molecule has 3 N–H and O–H groups in total. The van der Waals surface area contributed by atoms with E-state index >= 15 is 4.39 Å². The maximum absolute atomic E-state index is 15.4. The average molecular weight is 633 g/mol. The fourth-order valence-electron chi connectivity index (χ4n) is 6.92. The lowest BCUT2D eigenvalue weighted by Crippen LogP contribution is -2.38. The highest BCUT2D eigenvalue weighted by atomic mass is 19.1. The minimum atomic E-state index is -0.527. The first kappa shape index (κ1) is 35.5. The number of aryl methyl sites for hydroxylation is 1. The Morgan fingerprint density at radius 1 is 1.24 bits per heavy atom. The molecule has 250 valence electrons. The molecular formula is C38H53FN4O3. The average Bonchev–Trinajstić information content (AvgIpc) is 3.81. The summed E-state index contributed by atoms with van der Waals surface area (Å²) < 4.78 is 21.5. The molecule has 7 nitrogen and oxygen atoms in total. The molecule has 2 aromatic rings. The van der Waals surface area contributed by atoms with Crippen molar-refractivity contribution in [3.05, 3.63) is 69.3 Å². The molecule has 0 aliphatic heterocycles. The molecule has 0 saturated heterocycles. The van der Waals surface area contributed by atoms with E-state index in [1.165, 1.54) is 0 Å². The van der Waals surface area contributed by atoms with E-state index in [1.54, 1.807) is 20.0 Å². The van der Waals surface area contributed by atoms with Crippen LogP contribution in [0.1, 0.15) is 114 Å². The molecule has 2 aliphatic carbocycles. The van der Waals surface area contributed by atoms with Crippen LogP contribution in [0.4, 0.5) is 4.39 Å². The molecule has 2 atom stereocenters. The molecule has 1 fully saturated rings. The van der Waals surface area contributed by atoms with Gasteiger partial charge < -0.3 is 20.7 Å². The first-order valence-electron chi connectivity index (χ1n) is 17.0. The van der Waals surface area contributed by atoms with Gasteiger partial charge in [0.2, 0.25) is 5.91 Å². The van der Waals surface area contributed by atoms with Gasteiger partial charge in [-0.2, -0.15) is 0 Å². The van der Waals surface area contributed by atoms with E-state index in [2.05, 4.69) is 56.3 Å². The number of benzene rings is 1. The molecule has 8 heteroatoms.